The molecule has 1 aromatic carbocycles. The number of hydrogen-bond donors (Lipinski definition) is 2. The molecule has 0 aliphatic carbocycles. The van der Waals surface area contributed by atoms with E-state index in [-0.39, 0.29) is 24.7 Å². The quantitative estimate of drug-likeness (QED) is 0.757. The Hall–Kier alpha value is -1.15. The van der Waals surface area contributed by atoms with Crippen LogP contribution in [0.4, 0.5) is 0 Å². The van der Waals surface area contributed by atoms with E-state index in [4.69, 9.17) is 5.73 Å². The number of methoxy groups -OCH3 is 1. The van der Waals surface area contributed by atoms with Crippen molar-refractivity contribution in [1.82, 2.24) is 4.72 Å². The summed E-state index contributed by atoms with van der Waals surface area (Å²) in [6.45, 7) is 3.60. The Morgan fingerprint density at radius 1 is 1.38 bits per heavy atom. The van der Waals surface area contributed by atoms with Crippen LogP contribution in [-0.2, 0) is 20.5 Å². The molecule has 0 aromatic heterocycles. The van der Waals surface area contributed by atoms with Gasteiger partial charge in [-0.25, -0.2) is 17.9 Å². The maximum absolute atomic E-state index is 12.0. The van der Waals surface area contributed by atoms with Crippen molar-refractivity contribution in [3.8, 4) is 0 Å². The van der Waals surface area contributed by atoms with Crippen molar-refractivity contribution in [3.63, 3.8) is 0 Å². The topological polar surface area (TPSA) is 98.5 Å². The first-order valence-corrected chi connectivity index (χ1v) is 7.73. The average Bonchev–Trinajstić information content (AvgIpc) is 2.36. The molecule has 0 aliphatic rings. The zero-order chi connectivity index (χ0) is 15.4. The maximum atomic E-state index is 12.0. The number of carbonyl (C=O) groups excluding carboxylic acids is 1. The van der Waals surface area contributed by atoms with E-state index in [9.17, 15) is 13.2 Å². The number of esters is 1. The Balaban J connectivity index is 0.00000400. The van der Waals surface area contributed by atoms with Crippen molar-refractivity contribution in [1.29, 1.82) is 0 Å². The molecule has 1 rings (SSSR count). The molecule has 21 heavy (non-hydrogen) atoms. The lowest BCUT2D eigenvalue weighted by atomic mass is 10.1. The monoisotopic (exact) mass is 336 g/mol. The van der Waals surface area contributed by atoms with Crippen LogP contribution in [-0.4, -0.2) is 33.6 Å². The molecule has 0 fully saturated rings. The standard InChI is InChI=1S/C13H20N2O4S.ClH/c1-13(2,9-14)15-20(17,18)8-10-5-4-6-11(7-10)12(16)19-3;/h4-7,15H,8-9,14H2,1-3H3;1H. The van der Waals surface area contributed by atoms with E-state index in [1.54, 1.807) is 32.0 Å². The van der Waals surface area contributed by atoms with Crippen molar-refractivity contribution >= 4 is 28.4 Å². The Labute approximate surface area is 131 Å². The van der Waals surface area contributed by atoms with Crippen LogP contribution in [0.15, 0.2) is 24.3 Å². The molecule has 0 saturated carbocycles. The first kappa shape index (κ1) is 19.9. The summed E-state index contributed by atoms with van der Waals surface area (Å²) in [5.41, 5.74) is 5.62. The third-order valence-corrected chi connectivity index (χ3v) is 4.22. The van der Waals surface area contributed by atoms with E-state index in [0.29, 0.717) is 11.1 Å². The molecule has 0 unspecified atom stereocenters. The van der Waals surface area contributed by atoms with Gasteiger partial charge in [0.05, 0.1) is 18.4 Å². The highest BCUT2D eigenvalue weighted by Gasteiger charge is 2.23. The SMILES string of the molecule is COC(=O)c1cccc(CS(=O)(=O)NC(C)(C)CN)c1.Cl. The zero-order valence-electron chi connectivity index (χ0n) is 12.3. The van der Waals surface area contributed by atoms with Gasteiger partial charge in [-0.15, -0.1) is 12.4 Å². The van der Waals surface area contributed by atoms with E-state index in [2.05, 4.69) is 9.46 Å². The lowest BCUT2D eigenvalue weighted by molar-refractivity contribution is 0.0600. The van der Waals surface area contributed by atoms with Crippen molar-refractivity contribution in [2.24, 2.45) is 5.73 Å². The van der Waals surface area contributed by atoms with Gasteiger partial charge in [-0.1, -0.05) is 12.1 Å². The van der Waals surface area contributed by atoms with Gasteiger partial charge in [0.25, 0.3) is 0 Å². The molecule has 0 aliphatic heterocycles. The van der Waals surface area contributed by atoms with Crippen LogP contribution in [0, 0.1) is 0 Å². The number of hydrogen-bond acceptors (Lipinski definition) is 5. The summed E-state index contributed by atoms with van der Waals surface area (Å²) in [6.07, 6.45) is 0. The number of sulfonamides is 1. The fraction of sp³-hybridized carbons (Fsp3) is 0.462. The highest BCUT2D eigenvalue weighted by Crippen LogP contribution is 2.11. The summed E-state index contributed by atoms with van der Waals surface area (Å²) >= 11 is 0. The highest BCUT2D eigenvalue weighted by molar-refractivity contribution is 7.88. The van der Waals surface area contributed by atoms with E-state index in [0.717, 1.165) is 0 Å². The van der Waals surface area contributed by atoms with Gasteiger partial charge in [-0.3, -0.25) is 0 Å². The van der Waals surface area contributed by atoms with Crippen LogP contribution in [0.25, 0.3) is 0 Å². The summed E-state index contributed by atoms with van der Waals surface area (Å²) < 4.78 is 31.2. The molecule has 8 heteroatoms. The molecule has 120 valence electrons. The predicted octanol–water partition coefficient (Wildman–Crippen LogP) is 1.05. The number of nitrogens with two attached hydrogens (primary N) is 1. The third kappa shape index (κ3) is 6.43. The summed E-state index contributed by atoms with van der Waals surface area (Å²) in [5.74, 6) is -0.721. The molecule has 0 amide bonds. The van der Waals surface area contributed by atoms with Gasteiger partial charge < -0.3 is 10.5 Å². The molecular formula is C13H21ClN2O4S. The summed E-state index contributed by atoms with van der Waals surface area (Å²) in [7, 11) is -2.26. The minimum absolute atomic E-state index is 0. The normalized spacial score (nSPS) is 11.6. The Kier molecular flexibility index (Phi) is 7.32. The van der Waals surface area contributed by atoms with Crippen LogP contribution in [0.5, 0.6) is 0 Å². The van der Waals surface area contributed by atoms with E-state index in [1.807, 2.05) is 0 Å². The molecule has 0 radical (unpaired) electrons. The Morgan fingerprint density at radius 3 is 2.52 bits per heavy atom. The maximum Gasteiger partial charge on any atom is 0.337 e. The second-order valence-corrected chi connectivity index (χ2v) is 6.86. The van der Waals surface area contributed by atoms with Crippen molar-refractivity contribution in [3.05, 3.63) is 35.4 Å². The van der Waals surface area contributed by atoms with Gasteiger partial charge in [0, 0.05) is 12.1 Å². The van der Waals surface area contributed by atoms with Crippen LogP contribution >= 0.6 is 12.4 Å². The Morgan fingerprint density at radius 2 is 2.00 bits per heavy atom. The van der Waals surface area contributed by atoms with Gasteiger partial charge in [0.15, 0.2) is 0 Å². The lowest BCUT2D eigenvalue weighted by Gasteiger charge is -2.23. The number of ether oxygens (including phenoxy) is 1. The minimum Gasteiger partial charge on any atom is -0.465 e. The number of rotatable bonds is 6. The highest BCUT2D eigenvalue weighted by atomic mass is 35.5. The lowest BCUT2D eigenvalue weighted by Crippen LogP contribution is -2.49. The first-order chi connectivity index (χ1) is 9.19. The van der Waals surface area contributed by atoms with Gasteiger partial charge in [0.1, 0.15) is 0 Å². The minimum atomic E-state index is -3.54. The fourth-order valence-corrected chi connectivity index (χ4v) is 3.24. The number of nitrogens with one attached hydrogen (secondary N) is 1. The van der Waals surface area contributed by atoms with Crippen LogP contribution in [0.2, 0.25) is 0 Å². The second-order valence-electron chi connectivity index (χ2n) is 5.14. The molecule has 0 spiro atoms. The average molecular weight is 337 g/mol. The largest absolute Gasteiger partial charge is 0.465 e. The van der Waals surface area contributed by atoms with Crippen molar-refractivity contribution in [2.75, 3.05) is 13.7 Å². The van der Waals surface area contributed by atoms with Crippen LogP contribution in [0.3, 0.4) is 0 Å². The summed E-state index contributed by atoms with van der Waals surface area (Å²) in [6, 6.07) is 6.33. The Bertz CT molecular complexity index is 588. The first-order valence-electron chi connectivity index (χ1n) is 6.08. The summed E-state index contributed by atoms with van der Waals surface area (Å²) in [4.78, 5) is 11.4. The molecule has 1 aromatic rings. The molecule has 6 nitrogen and oxygen atoms in total. The van der Waals surface area contributed by atoms with E-state index >= 15 is 0 Å². The number of halogens is 1. The van der Waals surface area contributed by atoms with Crippen molar-refractivity contribution in [2.45, 2.75) is 25.1 Å². The third-order valence-electron chi connectivity index (χ3n) is 2.65. The molecule has 3 N–H and O–H groups in total. The van der Waals surface area contributed by atoms with Gasteiger partial charge in [-0.05, 0) is 31.5 Å². The van der Waals surface area contributed by atoms with Crippen molar-refractivity contribution < 1.29 is 17.9 Å². The predicted molar refractivity (Wildman–Crippen MR) is 83.9 cm³/mol. The molecule has 0 saturated heterocycles. The van der Waals surface area contributed by atoms with E-state index in [1.165, 1.54) is 13.2 Å². The van der Waals surface area contributed by atoms with Gasteiger partial charge in [0.2, 0.25) is 10.0 Å². The number of carbonyl (C=O) groups is 1. The van der Waals surface area contributed by atoms with Crippen LogP contribution in [0.1, 0.15) is 29.8 Å². The molecular weight excluding hydrogens is 316 g/mol. The van der Waals surface area contributed by atoms with Gasteiger partial charge >= 0.3 is 5.97 Å². The van der Waals surface area contributed by atoms with Gasteiger partial charge in [-0.2, -0.15) is 0 Å². The zero-order valence-corrected chi connectivity index (χ0v) is 13.9. The summed E-state index contributed by atoms with van der Waals surface area (Å²) in [5, 5.41) is 0. The molecule has 0 bridgehead atoms. The molecule has 0 atom stereocenters. The van der Waals surface area contributed by atoms with E-state index < -0.39 is 21.5 Å². The fourth-order valence-electron chi connectivity index (χ4n) is 1.62. The smallest absolute Gasteiger partial charge is 0.337 e. The molecule has 0 heterocycles. The van der Waals surface area contributed by atoms with Crippen LogP contribution < -0.4 is 10.5 Å². The second kappa shape index (κ2) is 7.74. The number of benzene rings is 1.